The van der Waals surface area contributed by atoms with E-state index in [9.17, 15) is 18.0 Å². The van der Waals surface area contributed by atoms with Gasteiger partial charge in [0.1, 0.15) is 5.75 Å². The molecule has 166 valence electrons. The van der Waals surface area contributed by atoms with Gasteiger partial charge in [-0.05, 0) is 35.9 Å². The predicted molar refractivity (Wildman–Crippen MR) is 119 cm³/mol. The van der Waals surface area contributed by atoms with E-state index in [0.717, 1.165) is 10.4 Å². The number of rotatable bonds is 8. The maximum atomic E-state index is 12.3. The lowest BCUT2D eigenvalue weighted by molar-refractivity contribution is -0.142. The van der Waals surface area contributed by atoms with Crippen LogP contribution in [-0.4, -0.2) is 52.4 Å². The van der Waals surface area contributed by atoms with Crippen LogP contribution < -0.4 is 10.1 Å². The average Bonchev–Trinajstić information content (AvgIpc) is 2.73. The number of benzene rings is 2. The van der Waals surface area contributed by atoms with Crippen LogP contribution in [0.5, 0.6) is 5.75 Å². The number of hydrogen-bond acceptors (Lipinski definition) is 6. The first kappa shape index (κ1) is 24.7. The molecule has 11 heteroatoms. The number of esters is 1. The zero-order chi connectivity index (χ0) is 23.2. The molecule has 0 fully saturated rings. The molecule has 0 atom stereocenters. The lowest BCUT2D eigenvalue weighted by Gasteiger charge is -2.15. The minimum absolute atomic E-state index is 0.0353. The van der Waals surface area contributed by atoms with Crippen molar-refractivity contribution in [1.29, 1.82) is 0 Å². The molecular formula is C20H20Cl2N2O6S. The number of methoxy groups -OCH3 is 1. The molecule has 0 aliphatic heterocycles. The predicted octanol–water partition coefficient (Wildman–Crippen LogP) is 3.45. The number of amides is 1. The number of hydrogen-bond donors (Lipinski definition) is 1. The second-order valence-corrected chi connectivity index (χ2v) is 9.22. The first-order valence-corrected chi connectivity index (χ1v) is 10.9. The van der Waals surface area contributed by atoms with Crippen LogP contribution in [0.2, 0.25) is 10.0 Å². The molecule has 0 saturated carbocycles. The highest BCUT2D eigenvalue weighted by atomic mass is 35.5. The van der Waals surface area contributed by atoms with Gasteiger partial charge in [0, 0.05) is 20.2 Å². The second kappa shape index (κ2) is 10.6. The zero-order valence-corrected chi connectivity index (χ0v) is 19.2. The Bertz CT molecular complexity index is 1120. The third-order valence-corrected chi connectivity index (χ3v) is 6.59. The van der Waals surface area contributed by atoms with Crippen LogP contribution in [0.1, 0.15) is 5.56 Å². The van der Waals surface area contributed by atoms with E-state index in [4.69, 9.17) is 32.7 Å². The minimum atomic E-state index is -3.71. The fourth-order valence-corrected chi connectivity index (χ4v) is 3.63. The third kappa shape index (κ3) is 6.44. The van der Waals surface area contributed by atoms with E-state index in [0.29, 0.717) is 10.6 Å². The molecule has 0 spiro atoms. The topological polar surface area (TPSA) is 102 Å². The Kier molecular flexibility index (Phi) is 8.46. The smallest absolute Gasteiger partial charge is 0.331 e. The van der Waals surface area contributed by atoms with Crippen LogP contribution in [0, 0.1) is 0 Å². The molecule has 31 heavy (non-hydrogen) atoms. The molecule has 0 aliphatic rings. The van der Waals surface area contributed by atoms with Gasteiger partial charge < -0.3 is 14.8 Å². The van der Waals surface area contributed by atoms with Crippen molar-refractivity contribution in [3.63, 3.8) is 0 Å². The quantitative estimate of drug-likeness (QED) is 0.452. The summed E-state index contributed by atoms with van der Waals surface area (Å²) in [4.78, 5) is 24.0. The molecule has 2 aromatic rings. The Hall–Kier alpha value is -2.59. The molecule has 2 rings (SSSR count). The average molecular weight is 487 g/mol. The fourth-order valence-electron chi connectivity index (χ4n) is 2.33. The molecule has 8 nitrogen and oxygen atoms in total. The monoisotopic (exact) mass is 486 g/mol. The number of nitrogens with zero attached hydrogens (tertiary/aromatic N) is 1. The van der Waals surface area contributed by atoms with Crippen LogP contribution in [0.4, 0.5) is 5.69 Å². The summed E-state index contributed by atoms with van der Waals surface area (Å²) in [7, 11) is 0.438. The summed E-state index contributed by atoms with van der Waals surface area (Å²) in [5.41, 5.74) is 0.631. The van der Waals surface area contributed by atoms with E-state index in [1.54, 1.807) is 18.2 Å². The summed E-state index contributed by atoms with van der Waals surface area (Å²) >= 11 is 11.9. The van der Waals surface area contributed by atoms with E-state index >= 15 is 0 Å². The molecule has 0 bridgehead atoms. The maximum Gasteiger partial charge on any atom is 0.331 e. The molecule has 1 amide bonds. The number of carbonyl (C=O) groups is 2. The van der Waals surface area contributed by atoms with Crippen LogP contribution in [0.15, 0.2) is 47.4 Å². The van der Waals surface area contributed by atoms with Crippen molar-refractivity contribution < 1.29 is 27.5 Å². The fraction of sp³-hybridized carbons (Fsp3) is 0.200. The van der Waals surface area contributed by atoms with E-state index in [1.165, 1.54) is 45.5 Å². The Morgan fingerprint density at radius 3 is 2.52 bits per heavy atom. The summed E-state index contributed by atoms with van der Waals surface area (Å²) in [5.74, 6) is -1.21. The molecule has 2 aromatic carbocycles. The number of carbonyl (C=O) groups excluding carboxylic acids is 2. The third-order valence-electron chi connectivity index (χ3n) is 3.95. The van der Waals surface area contributed by atoms with Gasteiger partial charge in [-0.1, -0.05) is 35.3 Å². The van der Waals surface area contributed by atoms with Gasteiger partial charge in [-0.2, -0.15) is 0 Å². The van der Waals surface area contributed by atoms with Gasteiger partial charge in [0.05, 0.1) is 27.7 Å². The standard InChI is InChI=1S/C20H20Cl2N2O6S/c1-24(2)31(27,28)14-8-9-17(29-3)16(11-14)23-18(25)12-30-19(26)10-7-13-5-4-6-15(21)20(13)22/h4-11H,12H2,1-3H3,(H,23,25)/b10-7+. The summed E-state index contributed by atoms with van der Waals surface area (Å²) in [6.45, 7) is -0.597. The number of ether oxygens (including phenoxy) is 2. The highest BCUT2D eigenvalue weighted by molar-refractivity contribution is 7.89. The Morgan fingerprint density at radius 1 is 1.16 bits per heavy atom. The highest BCUT2D eigenvalue weighted by Crippen LogP contribution is 2.28. The van der Waals surface area contributed by atoms with E-state index in [-0.39, 0.29) is 21.4 Å². The van der Waals surface area contributed by atoms with Crippen molar-refractivity contribution in [3.8, 4) is 5.75 Å². The van der Waals surface area contributed by atoms with Crippen molar-refractivity contribution in [2.45, 2.75) is 4.90 Å². The zero-order valence-electron chi connectivity index (χ0n) is 16.9. The van der Waals surface area contributed by atoms with Crippen molar-refractivity contribution in [3.05, 3.63) is 58.1 Å². The molecule has 1 N–H and O–H groups in total. The van der Waals surface area contributed by atoms with Crippen LogP contribution in [-0.2, 0) is 24.3 Å². The number of halogens is 2. The van der Waals surface area contributed by atoms with E-state index in [1.807, 2.05) is 0 Å². The summed E-state index contributed by atoms with van der Waals surface area (Å²) in [5, 5.41) is 3.09. The van der Waals surface area contributed by atoms with Crippen molar-refractivity contribution in [2.24, 2.45) is 0 Å². The molecule has 0 heterocycles. The van der Waals surface area contributed by atoms with Gasteiger partial charge in [-0.15, -0.1) is 0 Å². The molecule has 0 radical (unpaired) electrons. The number of anilines is 1. The first-order chi connectivity index (χ1) is 14.6. The molecule has 0 aliphatic carbocycles. The van der Waals surface area contributed by atoms with E-state index < -0.39 is 28.5 Å². The van der Waals surface area contributed by atoms with E-state index in [2.05, 4.69) is 5.32 Å². The van der Waals surface area contributed by atoms with Gasteiger partial charge >= 0.3 is 5.97 Å². The molecule has 0 unspecified atom stereocenters. The summed E-state index contributed by atoms with van der Waals surface area (Å²) in [6.07, 6.45) is 2.52. The van der Waals surface area contributed by atoms with Crippen molar-refractivity contribution >= 4 is 56.9 Å². The summed E-state index contributed by atoms with van der Waals surface area (Å²) in [6, 6.07) is 8.97. The van der Waals surface area contributed by atoms with Gasteiger partial charge in [0.2, 0.25) is 10.0 Å². The van der Waals surface area contributed by atoms with Crippen molar-refractivity contribution in [2.75, 3.05) is 33.1 Å². The van der Waals surface area contributed by atoms with Gasteiger partial charge in [-0.25, -0.2) is 17.5 Å². The van der Waals surface area contributed by atoms with Crippen LogP contribution in [0.3, 0.4) is 0 Å². The lowest BCUT2D eigenvalue weighted by atomic mass is 10.2. The minimum Gasteiger partial charge on any atom is -0.495 e. The maximum absolute atomic E-state index is 12.3. The van der Waals surface area contributed by atoms with Gasteiger partial charge in [0.15, 0.2) is 6.61 Å². The van der Waals surface area contributed by atoms with Gasteiger partial charge in [-0.3, -0.25) is 4.79 Å². The highest BCUT2D eigenvalue weighted by Gasteiger charge is 2.20. The normalized spacial score (nSPS) is 11.5. The first-order valence-electron chi connectivity index (χ1n) is 8.75. The van der Waals surface area contributed by atoms with Gasteiger partial charge in [0.25, 0.3) is 5.91 Å². The lowest BCUT2D eigenvalue weighted by Crippen LogP contribution is -2.23. The molecule has 0 aromatic heterocycles. The molecular weight excluding hydrogens is 467 g/mol. The second-order valence-electron chi connectivity index (χ2n) is 6.28. The SMILES string of the molecule is COc1ccc(S(=O)(=O)N(C)C)cc1NC(=O)COC(=O)/C=C/c1cccc(Cl)c1Cl. The number of sulfonamides is 1. The summed E-state index contributed by atoms with van der Waals surface area (Å²) < 4.78 is 35.7. The Morgan fingerprint density at radius 2 is 1.87 bits per heavy atom. The van der Waals surface area contributed by atoms with Crippen LogP contribution in [0.25, 0.3) is 6.08 Å². The van der Waals surface area contributed by atoms with Crippen LogP contribution >= 0.6 is 23.2 Å². The molecule has 0 saturated heterocycles. The largest absolute Gasteiger partial charge is 0.495 e. The Labute approximate surface area is 190 Å². The number of nitrogens with one attached hydrogen (secondary N) is 1. The van der Waals surface area contributed by atoms with Crippen molar-refractivity contribution in [1.82, 2.24) is 4.31 Å². The Balaban J connectivity index is 2.04.